The largest absolute Gasteiger partial charge is 0.326 e. The lowest BCUT2D eigenvalue weighted by atomic mass is 10.0. The topological polar surface area (TPSA) is 114 Å². The number of hydrogen-bond acceptors (Lipinski definition) is 8. The molecule has 0 saturated heterocycles. The number of amides is 3. The number of aryl methyl sites for hydroxylation is 1. The summed E-state index contributed by atoms with van der Waals surface area (Å²) in [5, 5.41) is 14.5. The Labute approximate surface area is 222 Å². The van der Waals surface area contributed by atoms with Crippen LogP contribution in [0.2, 0.25) is 0 Å². The summed E-state index contributed by atoms with van der Waals surface area (Å²) >= 11 is 0.577. The lowest BCUT2D eigenvalue weighted by Crippen LogP contribution is -2.51. The molecular weight excluding hydrogens is 516 g/mol. The van der Waals surface area contributed by atoms with Crippen molar-refractivity contribution in [2.75, 3.05) is 23.5 Å². The van der Waals surface area contributed by atoms with E-state index < -0.39 is 29.6 Å². The van der Waals surface area contributed by atoms with E-state index in [1.54, 1.807) is 24.4 Å². The van der Waals surface area contributed by atoms with Crippen molar-refractivity contribution in [1.29, 1.82) is 0 Å². The van der Waals surface area contributed by atoms with Crippen LogP contribution in [0.25, 0.3) is 0 Å². The Hall–Kier alpha value is -3.81. The molecule has 3 N–H and O–H groups in total. The van der Waals surface area contributed by atoms with E-state index in [0.717, 1.165) is 40.5 Å². The Morgan fingerprint density at radius 1 is 1.18 bits per heavy atom. The third kappa shape index (κ3) is 6.54. The minimum Gasteiger partial charge on any atom is -0.325 e. The highest BCUT2D eigenvalue weighted by Crippen LogP contribution is 2.27. The minimum absolute atomic E-state index is 0.178. The molecule has 10 nitrogen and oxygen atoms in total. The van der Waals surface area contributed by atoms with Crippen LogP contribution in [0.5, 0.6) is 0 Å². The van der Waals surface area contributed by atoms with Gasteiger partial charge in [0.25, 0.3) is 0 Å². The van der Waals surface area contributed by atoms with Gasteiger partial charge in [0, 0.05) is 38.0 Å². The van der Waals surface area contributed by atoms with Crippen molar-refractivity contribution in [3.63, 3.8) is 0 Å². The first-order valence-corrected chi connectivity index (χ1v) is 12.6. The molecule has 3 amide bonds. The molecule has 0 saturated carbocycles. The van der Waals surface area contributed by atoms with Gasteiger partial charge >= 0.3 is 6.03 Å². The van der Waals surface area contributed by atoms with Crippen molar-refractivity contribution in [1.82, 2.24) is 24.6 Å². The summed E-state index contributed by atoms with van der Waals surface area (Å²) in [6.07, 6.45) is 4.36. The zero-order valence-corrected chi connectivity index (χ0v) is 21.6. The molecule has 1 atom stereocenters. The molecule has 0 bridgehead atoms. The summed E-state index contributed by atoms with van der Waals surface area (Å²) in [5.41, 5.74) is 2.47. The summed E-state index contributed by atoms with van der Waals surface area (Å²) in [7, 11) is 1.52. The fourth-order valence-electron chi connectivity index (χ4n) is 4.03. The van der Waals surface area contributed by atoms with Gasteiger partial charge in [0.2, 0.25) is 5.91 Å². The highest BCUT2D eigenvalue weighted by molar-refractivity contribution is 7.95. The summed E-state index contributed by atoms with van der Waals surface area (Å²) in [6, 6.07) is 8.16. The Morgan fingerprint density at radius 2 is 1.95 bits per heavy atom. The van der Waals surface area contributed by atoms with Gasteiger partial charge in [0.1, 0.15) is 23.5 Å². The lowest BCUT2D eigenvalue weighted by Gasteiger charge is -2.27. The number of nitrogens with one attached hydrogen (secondary N) is 2. The van der Waals surface area contributed by atoms with Crippen LogP contribution in [0.1, 0.15) is 23.7 Å². The first-order chi connectivity index (χ1) is 18.2. The number of carbonyl (C=O) groups is 2. The zero-order valence-electron chi connectivity index (χ0n) is 20.8. The summed E-state index contributed by atoms with van der Waals surface area (Å²) in [6.45, 7) is 2.42. The van der Waals surface area contributed by atoms with Crippen molar-refractivity contribution >= 4 is 35.6 Å². The number of halogens is 2. The monoisotopic (exact) mass is 543 g/mol. The number of carbonyl (C=O) groups excluding carboxylic acids is 2. The molecule has 3 heterocycles. The van der Waals surface area contributed by atoms with Crippen LogP contribution in [0.15, 0.2) is 54.9 Å². The van der Waals surface area contributed by atoms with E-state index in [2.05, 4.69) is 20.0 Å². The molecule has 0 spiro atoms. The van der Waals surface area contributed by atoms with E-state index in [-0.39, 0.29) is 12.0 Å². The second kappa shape index (κ2) is 12.2. The van der Waals surface area contributed by atoms with Gasteiger partial charge in [-0.05, 0) is 58.9 Å². The first kappa shape index (κ1) is 27.2. The number of aromatic nitrogens is 2. The van der Waals surface area contributed by atoms with Crippen molar-refractivity contribution in [2.24, 2.45) is 0 Å². The Morgan fingerprint density at radius 3 is 2.63 bits per heavy atom. The number of nitrogens with zero attached hydrogens (tertiary/aromatic N) is 5. The van der Waals surface area contributed by atoms with Crippen LogP contribution in [0.4, 0.5) is 25.1 Å². The second-order valence-corrected chi connectivity index (χ2v) is 9.29. The van der Waals surface area contributed by atoms with Crippen LogP contribution in [-0.2, 0) is 24.1 Å². The van der Waals surface area contributed by atoms with Crippen molar-refractivity contribution in [3.05, 3.63) is 83.3 Å². The normalized spacial score (nSPS) is 13.3. The smallest absolute Gasteiger partial charge is 0.325 e. The van der Waals surface area contributed by atoms with Gasteiger partial charge in [-0.1, -0.05) is 13.0 Å². The maximum absolute atomic E-state index is 13.8. The van der Waals surface area contributed by atoms with Crippen LogP contribution in [0, 0.1) is 11.6 Å². The molecule has 0 fully saturated rings. The highest BCUT2D eigenvalue weighted by atomic mass is 32.2. The molecule has 4 rings (SSSR count). The average Bonchev–Trinajstić information content (AvgIpc) is 3.34. The fourth-order valence-corrected chi connectivity index (χ4v) is 4.51. The number of rotatable bonds is 9. The molecule has 1 aliphatic heterocycles. The van der Waals surface area contributed by atoms with Gasteiger partial charge in [-0.2, -0.15) is 0 Å². The maximum atomic E-state index is 13.8. The van der Waals surface area contributed by atoms with E-state index in [1.165, 1.54) is 23.2 Å². The van der Waals surface area contributed by atoms with E-state index in [4.69, 9.17) is 0 Å². The predicted molar refractivity (Wildman–Crippen MR) is 139 cm³/mol. The molecule has 2 aromatic heterocycles. The predicted octanol–water partition coefficient (Wildman–Crippen LogP) is 3.42. The van der Waals surface area contributed by atoms with Gasteiger partial charge in [0.15, 0.2) is 0 Å². The Kier molecular flexibility index (Phi) is 8.71. The quantitative estimate of drug-likeness (QED) is 0.278. The molecule has 1 unspecified atom stereocenters. The summed E-state index contributed by atoms with van der Waals surface area (Å²) < 4.78 is 30.8. The number of benzene rings is 1. The van der Waals surface area contributed by atoms with E-state index in [0.29, 0.717) is 36.6 Å². The molecule has 0 radical (unpaired) electrons. The zero-order chi connectivity index (χ0) is 27.2. The number of anilines is 2. The molecule has 1 aromatic carbocycles. The number of hydrazine groups is 1. The molecule has 200 valence electrons. The number of urea groups is 1. The average molecular weight is 544 g/mol. The van der Waals surface area contributed by atoms with Crippen LogP contribution in [-0.4, -0.2) is 51.3 Å². The molecular formula is C25H27F2N7O3S. The van der Waals surface area contributed by atoms with E-state index in [9.17, 15) is 23.6 Å². The first-order valence-electron chi connectivity index (χ1n) is 11.9. The Bertz CT molecular complexity index is 1280. The van der Waals surface area contributed by atoms with Crippen LogP contribution < -0.4 is 19.9 Å². The van der Waals surface area contributed by atoms with Crippen molar-refractivity contribution in [2.45, 2.75) is 32.2 Å². The second-order valence-electron chi connectivity index (χ2n) is 8.57. The van der Waals surface area contributed by atoms with Crippen LogP contribution in [0.3, 0.4) is 0 Å². The third-order valence-corrected chi connectivity index (χ3v) is 6.62. The van der Waals surface area contributed by atoms with E-state index in [1.807, 2.05) is 13.0 Å². The lowest BCUT2D eigenvalue weighted by molar-refractivity contribution is -0.120. The number of hydrogen-bond donors (Lipinski definition) is 3. The summed E-state index contributed by atoms with van der Waals surface area (Å²) in [5.74, 6) is -1.56. The minimum atomic E-state index is -1.19. The van der Waals surface area contributed by atoms with Gasteiger partial charge in [-0.15, -0.1) is 0 Å². The van der Waals surface area contributed by atoms with Crippen molar-refractivity contribution in [3.8, 4) is 0 Å². The molecule has 38 heavy (non-hydrogen) atoms. The van der Waals surface area contributed by atoms with Crippen LogP contribution >= 0.6 is 12.1 Å². The SMILES string of the molecule is CCc1ccc(N(C)C(=O)C(Cc2cc(F)cc(F)c2)NC(=O)NSN(O)N2CCc3cccnc32)cn1. The molecule has 1 aliphatic rings. The van der Waals surface area contributed by atoms with Gasteiger partial charge < -0.3 is 10.2 Å². The standard InChI is InChI=1S/C25H27F2N7O3S/c1-3-20-6-7-21(15-29-20)32(2)24(35)22(13-16-11-18(26)14-19(27)12-16)30-25(36)31-38-34(37)33-10-8-17-5-4-9-28-23(17)33/h4-7,9,11-12,14-15,22,37H,3,8,10,13H2,1-2H3,(H2,30,31,36). The fraction of sp³-hybridized carbons (Fsp3) is 0.280. The molecule has 13 heteroatoms. The molecule has 3 aromatic rings. The van der Waals surface area contributed by atoms with Gasteiger partial charge in [0.05, 0.1) is 24.0 Å². The van der Waals surface area contributed by atoms with Gasteiger partial charge in [-0.25, -0.2) is 18.6 Å². The molecule has 0 aliphatic carbocycles. The number of likely N-dealkylation sites (N-methyl/N-ethyl adjacent to an activating group) is 1. The maximum Gasteiger partial charge on any atom is 0.326 e. The number of fused-ring (bicyclic) bond motifs is 1. The van der Waals surface area contributed by atoms with Gasteiger partial charge in [-0.3, -0.25) is 24.7 Å². The van der Waals surface area contributed by atoms with Crippen molar-refractivity contribution < 1.29 is 23.6 Å². The van der Waals surface area contributed by atoms with E-state index >= 15 is 0 Å². The summed E-state index contributed by atoms with van der Waals surface area (Å²) in [4.78, 5) is 36.0. The number of pyridine rings is 2. The Balaban J connectivity index is 1.45. The third-order valence-electron chi connectivity index (χ3n) is 5.99. The highest BCUT2D eigenvalue weighted by Gasteiger charge is 2.28.